The standard InChI is InChI=1S/C32H28N4O3S/c1-18(2)20-14-16-21(17-15-20)27-25(29(37)34-22-10-6-5-7-11-22)19(3)33-32-36(27)31(39)28(40-32)26-23-12-8-9-13-24(23)35(4)30(26)38/h5-18,27H,1-4H3,(H,34,37)/b28-26-/t27-/m1/s1. The van der Waals surface area contributed by atoms with Crippen LogP contribution in [-0.4, -0.2) is 23.4 Å². The second-order valence-electron chi connectivity index (χ2n) is 10.3. The molecule has 2 amide bonds. The molecule has 8 heteroatoms. The van der Waals surface area contributed by atoms with E-state index in [1.165, 1.54) is 11.3 Å². The molecule has 0 bridgehead atoms. The Morgan fingerprint density at radius 1 is 0.950 bits per heavy atom. The van der Waals surface area contributed by atoms with Gasteiger partial charge in [-0.25, -0.2) is 4.99 Å². The molecule has 1 aromatic heterocycles. The molecule has 40 heavy (non-hydrogen) atoms. The number of para-hydroxylation sites is 2. The second-order valence-corrected chi connectivity index (χ2v) is 11.3. The monoisotopic (exact) mass is 548 g/mol. The highest BCUT2D eigenvalue weighted by atomic mass is 32.1. The largest absolute Gasteiger partial charge is 0.322 e. The van der Waals surface area contributed by atoms with E-state index in [2.05, 4.69) is 19.2 Å². The molecule has 6 rings (SSSR count). The lowest BCUT2D eigenvalue weighted by atomic mass is 9.93. The van der Waals surface area contributed by atoms with Gasteiger partial charge >= 0.3 is 0 Å². The van der Waals surface area contributed by atoms with Gasteiger partial charge in [-0.05, 0) is 42.2 Å². The van der Waals surface area contributed by atoms with Gasteiger partial charge in [-0.15, -0.1) is 0 Å². The lowest BCUT2D eigenvalue weighted by Crippen LogP contribution is -2.41. The topological polar surface area (TPSA) is 83.8 Å². The van der Waals surface area contributed by atoms with E-state index < -0.39 is 6.04 Å². The third kappa shape index (κ3) is 4.12. The van der Waals surface area contributed by atoms with Gasteiger partial charge in [0.25, 0.3) is 17.4 Å². The molecule has 7 nitrogen and oxygen atoms in total. The van der Waals surface area contributed by atoms with Crippen LogP contribution in [0.1, 0.15) is 49.4 Å². The zero-order valence-electron chi connectivity index (χ0n) is 22.6. The molecule has 0 radical (unpaired) electrons. The maximum atomic E-state index is 14.2. The number of anilines is 2. The quantitative estimate of drug-likeness (QED) is 0.412. The number of aromatic nitrogens is 1. The molecule has 2 aliphatic heterocycles. The summed E-state index contributed by atoms with van der Waals surface area (Å²) in [4.78, 5) is 48.1. The maximum Gasteiger partial charge on any atom is 0.271 e. The fourth-order valence-corrected chi connectivity index (χ4v) is 6.49. The summed E-state index contributed by atoms with van der Waals surface area (Å²) in [5, 5.41) is 2.97. The Balaban J connectivity index is 1.58. The van der Waals surface area contributed by atoms with Crippen molar-refractivity contribution in [3.05, 3.63) is 127 Å². The third-order valence-corrected chi connectivity index (χ3v) is 8.53. The van der Waals surface area contributed by atoms with Crippen molar-refractivity contribution < 1.29 is 9.59 Å². The molecule has 3 heterocycles. The molecular weight excluding hydrogens is 520 g/mol. The average Bonchev–Trinajstić information content (AvgIpc) is 3.40. The van der Waals surface area contributed by atoms with Gasteiger partial charge in [-0.1, -0.05) is 85.8 Å². The van der Waals surface area contributed by atoms with Gasteiger partial charge < -0.3 is 10.2 Å². The Morgan fingerprint density at radius 2 is 1.62 bits per heavy atom. The Kier molecular flexibility index (Phi) is 6.35. The maximum absolute atomic E-state index is 14.2. The zero-order valence-corrected chi connectivity index (χ0v) is 23.5. The Bertz CT molecular complexity index is 1880. The molecule has 4 aromatic rings. The number of benzene rings is 3. The number of carbonyl (C=O) groups is 2. The van der Waals surface area contributed by atoms with E-state index in [1.54, 1.807) is 23.4 Å². The molecule has 0 saturated heterocycles. The summed E-state index contributed by atoms with van der Waals surface area (Å²) in [6, 6.07) is 24.0. The molecular formula is C32H28N4O3S. The lowest BCUT2D eigenvalue weighted by molar-refractivity contribution is -0.113. The van der Waals surface area contributed by atoms with Crippen molar-refractivity contribution in [1.82, 2.24) is 4.57 Å². The van der Waals surface area contributed by atoms with Crippen molar-refractivity contribution in [2.45, 2.75) is 32.7 Å². The van der Waals surface area contributed by atoms with Crippen LogP contribution in [0.15, 0.2) is 99.9 Å². The number of nitrogens with zero attached hydrogens (tertiary/aromatic N) is 3. The van der Waals surface area contributed by atoms with Gasteiger partial charge in [-0.2, -0.15) is 0 Å². The summed E-state index contributed by atoms with van der Waals surface area (Å²) < 4.78 is 1.89. The first-order valence-corrected chi connectivity index (χ1v) is 14.0. The van der Waals surface area contributed by atoms with Crippen LogP contribution in [0.5, 0.6) is 0 Å². The smallest absolute Gasteiger partial charge is 0.271 e. The molecule has 1 atom stereocenters. The molecule has 0 saturated carbocycles. The summed E-state index contributed by atoms with van der Waals surface area (Å²) in [7, 11) is 1.71. The minimum absolute atomic E-state index is 0.234. The summed E-state index contributed by atoms with van der Waals surface area (Å²) in [6.07, 6.45) is 0. The van der Waals surface area contributed by atoms with Crippen molar-refractivity contribution in [2.24, 2.45) is 4.99 Å². The number of hydrogen-bond acceptors (Lipinski definition) is 5. The molecule has 0 aliphatic carbocycles. The molecule has 200 valence electrons. The number of likely N-dealkylation sites (N-methyl/N-ethyl adjacent to an activating group) is 1. The van der Waals surface area contributed by atoms with E-state index in [9.17, 15) is 14.4 Å². The summed E-state index contributed by atoms with van der Waals surface area (Å²) >= 11 is 1.19. The van der Waals surface area contributed by atoms with E-state index in [1.807, 2.05) is 78.9 Å². The van der Waals surface area contributed by atoms with E-state index in [0.29, 0.717) is 37.8 Å². The zero-order chi connectivity index (χ0) is 28.1. The number of carbonyl (C=O) groups excluding carboxylic acids is 2. The minimum Gasteiger partial charge on any atom is -0.322 e. The van der Waals surface area contributed by atoms with Crippen molar-refractivity contribution in [3.63, 3.8) is 0 Å². The van der Waals surface area contributed by atoms with Crippen LogP contribution in [0.2, 0.25) is 0 Å². The molecule has 0 fully saturated rings. The van der Waals surface area contributed by atoms with Crippen LogP contribution >= 0.6 is 11.3 Å². The van der Waals surface area contributed by atoms with E-state index in [0.717, 1.165) is 22.4 Å². The van der Waals surface area contributed by atoms with E-state index in [4.69, 9.17) is 4.99 Å². The van der Waals surface area contributed by atoms with Crippen LogP contribution in [0.4, 0.5) is 11.4 Å². The highest BCUT2D eigenvalue weighted by molar-refractivity contribution is 7.07. The van der Waals surface area contributed by atoms with Crippen molar-refractivity contribution >= 4 is 40.1 Å². The average molecular weight is 549 g/mol. The predicted octanol–water partition coefficient (Wildman–Crippen LogP) is 4.34. The molecule has 0 unspecified atom stereocenters. The van der Waals surface area contributed by atoms with Gasteiger partial charge in [0.1, 0.15) is 4.53 Å². The predicted molar refractivity (Wildman–Crippen MR) is 158 cm³/mol. The third-order valence-electron chi connectivity index (χ3n) is 7.47. The number of thiazole rings is 1. The van der Waals surface area contributed by atoms with Crippen molar-refractivity contribution in [1.29, 1.82) is 0 Å². The first kappa shape index (κ1) is 25.7. The highest BCUT2D eigenvalue weighted by Crippen LogP contribution is 2.35. The van der Waals surface area contributed by atoms with Crippen molar-refractivity contribution in [2.75, 3.05) is 17.3 Å². The minimum atomic E-state index is -0.708. The fourth-order valence-electron chi connectivity index (χ4n) is 5.35. The van der Waals surface area contributed by atoms with Gasteiger partial charge in [0.15, 0.2) is 4.80 Å². The summed E-state index contributed by atoms with van der Waals surface area (Å²) in [5.41, 5.74) is 5.02. The number of amides is 2. The number of nitrogens with one attached hydrogen (secondary N) is 1. The Labute approximate surface area is 235 Å². The fraction of sp³-hybridized carbons (Fsp3) is 0.188. The number of fused-ring (bicyclic) bond motifs is 2. The van der Waals surface area contributed by atoms with Crippen LogP contribution in [0, 0.1) is 0 Å². The van der Waals surface area contributed by atoms with Crippen LogP contribution in [0.3, 0.4) is 0 Å². The Hall–Kier alpha value is -4.56. The molecule has 0 spiro atoms. The second kappa shape index (κ2) is 9.88. The number of rotatable bonds is 4. The van der Waals surface area contributed by atoms with Crippen molar-refractivity contribution in [3.8, 4) is 0 Å². The van der Waals surface area contributed by atoms with Gasteiger partial charge in [0.05, 0.1) is 28.6 Å². The van der Waals surface area contributed by atoms with E-state index in [-0.39, 0.29) is 17.4 Å². The van der Waals surface area contributed by atoms with Crippen LogP contribution < -0.4 is 25.1 Å². The molecule has 3 aromatic carbocycles. The first-order chi connectivity index (χ1) is 19.3. The molecule has 1 N–H and O–H groups in total. The summed E-state index contributed by atoms with van der Waals surface area (Å²) in [5.74, 6) is -0.228. The summed E-state index contributed by atoms with van der Waals surface area (Å²) in [6.45, 7) is 6.03. The normalized spacial score (nSPS) is 17.6. The number of hydrogen-bond donors (Lipinski definition) is 1. The van der Waals surface area contributed by atoms with Gasteiger partial charge in [0.2, 0.25) is 0 Å². The van der Waals surface area contributed by atoms with Crippen LogP contribution in [-0.2, 0) is 9.59 Å². The SMILES string of the molecule is CC1=C(C(=O)Nc2ccccc2)[C@@H](c2ccc(C(C)C)cc2)n2c(s/c(=C3\C(=O)N(C)c4ccccc43)c2=O)=N1. The first-order valence-electron chi connectivity index (χ1n) is 13.1. The number of allylic oxidation sites excluding steroid dienone is 1. The van der Waals surface area contributed by atoms with Crippen LogP contribution in [0.25, 0.3) is 5.57 Å². The lowest BCUT2D eigenvalue weighted by Gasteiger charge is -2.25. The Morgan fingerprint density at radius 3 is 2.33 bits per heavy atom. The highest BCUT2D eigenvalue weighted by Gasteiger charge is 2.36. The van der Waals surface area contributed by atoms with Gasteiger partial charge in [0, 0.05) is 18.3 Å². The van der Waals surface area contributed by atoms with E-state index >= 15 is 0 Å². The van der Waals surface area contributed by atoms with Gasteiger partial charge in [-0.3, -0.25) is 19.0 Å². The molecule has 2 aliphatic rings.